The van der Waals surface area contributed by atoms with Gasteiger partial charge in [-0.1, -0.05) is 17.7 Å². The lowest BCUT2D eigenvalue weighted by Gasteiger charge is -2.25. The molecule has 0 aromatic heterocycles. The molecule has 0 aliphatic rings. The number of halogens is 1. The second-order valence-electron chi connectivity index (χ2n) is 7.01. The molecular weight excluding hydrogens is 442 g/mol. The van der Waals surface area contributed by atoms with Gasteiger partial charge in [0, 0.05) is 57.8 Å². The van der Waals surface area contributed by atoms with Crippen LogP contribution in [0.1, 0.15) is 5.56 Å². The summed E-state index contributed by atoms with van der Waals surface area (Å²) >= 11 is 6.02. The van der Waals surface area contributed by atoms with Crippen LogP contribution in [0.25, 0.3) is 0 Å². The van der Waals surface area contributed by atoms with Gasteiger partial charge in [0.15, 0.2) is 0 Å². The lowest BCUT2D eigenvalue weighted by atomic mass is 10.1. The monoisotopic (exact) mass is 469 g/mol. The number of carbonyl (C=O) groups excluding carboxylic acids is 1. The zero-order valence-electron chi connectivity index (χ0n) is 18.1. The van der Waals surface area contributed by atoms with Crippen LogP contribution < -0.4 is 10.2 Å². The molecule has 2 rings (SSSR count). The third-order valence-corrected chi connectivity index (χ3v) is 6.52. The van der Waals surface area contributed by atoms with Crippen LogP contribution in [-0.4, -0.2) is 66.7 Å². The molecule has 8 nitrogen and oxygen atoms in total. The van der Waals surface area contributed by atoms with Crippen molar-refractivity contribution in [2.24, 2.45) is 0 Å². The fourth-order valence-electron chi connectivity index (χ4n) is 3.00. The van der Waals surface area contributed by atoms with E-state index in [1.165, 1.54) is 30.7 Å². The molecule has 0 unspecified atom stereocenters. The highest BCUT2D eigenvalue weighted by Gasteiger charge is 2.26. The average molecular weight is 470 g/mol. The predicted octanol–water partition coefficient (Wildman–Crippen LogP) is 2.83. The Morgan fingerprint density at radius 3 is 2.45 bits per heavy atom. The number of rotatable bonds is 11. The Hall–Kier alpha value is -2.17. The molecule has 31 heavy (non-hydrogen) atoms. The standard InChI is InChI=1S/C21H28ClN3O5S/c1-24(2)20-9-8-18(23-21(26)15-30-4)12-16(20)14-25(10-11-29-3)31(27,28)19-7-5-6-17(22)13-19/h5-9,12-13H,10-11,14-15H2,1-4H3,(H,23,26). The Morgan fingerprint density at radius 2 is 1.84 bits per heavy atom. The topological polar surface area (TPSA) is 88.2 Å². The Bertz CT molecular complexity index is 998. The van der Waals surface area contributed by atoms with Crippen molar-refractivity contribution in [3.8, 4) is 0 Å². The SMILES string of the molecule is COCCN(Cc1cc(NC(=O)COC)ccc1N(C)C)S(=O)(=O)c1cccc(Cl)c1. The second-order valence-corrected chi connectivity index (χ2v) is 9.38. The van der Waals surface area contributed by atoms with Gasteiger partial charge in [-0.15, -0.1) is 0 Å². The third kappa shape index (κ3) is 6.91. The first-order valence-corrected chi connectivity index (χ1v) is 11.3. The van der Waals surface area contributed by atoms with E-state index in [2.05, 4.69) is 5.32 Å². The molecule has 0 aliphatic carbocycles. The molecule has 0 radical (unpaired) electrons. The molecule has 0 fully saturated rings. The van der Waals surface area contributed by atoms with Crippen LogP contribution in [-0.2, 0) is 30.8 Å². The number of hydrogen-bond donors (Lipinski definition) is 1. The summed E-state index contributed by atoms with van der Waals surface area (Å²) in [5, 5.41) is 3.09. The van der Waals surface area contributed by atoms with E-state index in [4.69, 9.17) is 21.1 Å². The molecule has 0 saturated heterocycles. The first-order valence-electron chi connectivity index (χ1n) is 9.52. The molecular formula is C21H28ClN3O5S. The second kappa shape index (κ2) is 11.4. The molecule has 0 bridgehead atoms. The molecule has 2 aromatic rings. The zero-order valence-corrected chi connectivity index (χ0v) is 19.7. The number of sulfonamides is 1. The predicted molar refractivity (Wildman–Crippen MR) is 122 cm³/mol. The molecule has 0 saturated carbocycles. The van der Waals surface area contributed by atoms with Crippen LogP contribution >= 0.6 is 11.6 Å². The van der Waals surface area contributed by atoms with Gasteiger partial charge >= 0.3 is 0 Å². The van der Waals surface area contributed by atoms with Crippen molar-refractivity contribution in [3.63, 3.8) is 0 Å². The van der Waals surface area contributed by atoms with E-state index >= 15 is 0 Å². The molecule has 1 amide bonds. The number of amides is 1. The van der Waals surface area contributed by atoms with Gasteiger partial charge in [0.2, 0.25) is 15.9 Å². The number of nitrogens with zero attached hydrogens (tertiary/aromatic N) is 2. The maximum absolute atomic E-state index is 13.3. The molecule has 0 heterocycles. The molecule has 0 aliphatic heterocycles. The van der Waals surface area contributed by atoms with Gasteiger partial charge in [-0.3, -0.25) is 4.79 Å². The number of anilines is 2. The smallest absolute Gasteiger partial charge is 0.250 e. The van der Waals surface area contributed by atoms with Gasteiger partial charge in [-0.25, -0.2) is 8.42 Å². The van der Waals surface area contributed by atoms with E-state index in [0.29, 0.717) is 10.7 Å². The number of methoxy groups -OCH3 is 2. The lowest BCUT2D eigenvalue weighted by Crippen LogP contribution is -2.34. The van der Waals surface area contributed by atoms with E-state index in [1.54, 1.807) is 24.3 Å². The number of hydrogen-bond acceptors (Lipinski definition) is 6. The summed E-state index contributed by atoms with van der Waals surface area (Å²) in [5.74, 6) is -0.297. The van der Waals surface area contributed by atoms with Crippen LogP contribution in [0.15, 0.2) is 47.4 Å². The number of benzene rings is 2. The highest BCUT2D eigenvalue weighted by atomic mass is 35.5. The molecule has 1 N–H and O–H groups in total. The van der Waals surface area contributed by atoms with E-state index < -0.39 is 10.0 Å². The summed E-state index contributed by atoms with van der Waals surface area (Å²) < 4.78 is 38.0. The van der Waals surface area contributed by atoms with Crippen molar-refractivity contribution < 1.29 is 22.7 Å². The molecule has 2 aromatic carbocycles. The largest absolute Gasteiger partial charge is 0.383 e. The van der Waals surface area contributed by atoms with Gasteiger partial charge in [-0.05, 0) is 42.0 Å². The van der Waals surface area contributed by atoms with Crippen molar-refractivity contribution in [1.82, 2.24) is 4.31 Å². The van der Waals surface area contributed by atoms with Crippen molar-refractivity contribution in [2.75, 3.05) is 58.3 Å². The average Bonchev–Trinajstić information content (AvgIpc) is 2.71. The van der Waals surface area contributed by atoms with Crippen molar-refractivity contribution in [2.45, 2.75) is 11.4 Å². The van der Waals surface area contributed by atoms with E-state index in [1.807, 2.05) is 25.1 Å². The minimum absolute atomic E-state index is 0.0755. The number of carbonyl (C=O) groups is 1. The van der Waals surface area contributed by atoms with E-state index in [-0.39, 0.29) is 37.1 Å². The summed E-state index contributed by atoms with van der Waals surface area (Å²) in [4.78, 5) is 13.9. The van der Waals surface area contributed by atoms with Gasteiger partial charge in [0.1, 0.15) is 6.61 Å². The van der Waals surface area contributed by atoms with Crippen LogP contribution in [0, 0.1) is 0 Å². The van der Waals surface area contributed by atoms with Crippen LogP contribution in [0.2, 0.25) is 5.02 Å². The normalized spacial score (nSPS) is 11.5. The Kier molecular flexibility index (Phi) is 9.27. The van der Waals surface area contributed by atoms with Gasteiger partial charge in [0.05, 0.1) is 11.5 Å². The maximum atomic E-state index is 13.3. The summed E-state index contributed by atoms with van der Waals surface area (Å²) in [7, 11) is 2.85. The van der Waals surface area contributed by atoms with Crippen LogP contribution in [0.4, 0.5) is 11.4 Å². The van der Waals surface area contributed by atoms with Gasteiger partial charge < -0.3 is 19.7 Å². The molecule has 10 heteroatoms. The minimum Gasteiger partial charge on any atom is -0.383 e. The third-order valence-electron chi connectivity index (χ3n) is 4.45. The molecule has 0 atom stereocenters. The Labute approximate surface area is 188 Å². The summed E-state index contributed by atoms with van der Waals surface area (Å²) in [6, 6.07) is 11.5. The van der Waals surface area contributed by atoms with E-state index in [0.717, 1.165) is 11.3 Å². The maximum Gasteiger partial charge on any atom is 0.250 e. The summed E-state index contributed by atoms with van der Waals surface area (Å²) in [6.07, 6.45) is 0. The fourth-order valence-corrected chi connectivity index (χ4v) is 4.70. The highest BCUT2D eigenvalue weighted by molar-refractivity contribution is 7.89. The van der Waals surface area contributed by atoms with Crippen molar-refractivity contribution in [3.05, 3.63) is 53.1 Å². The van der Waals surface area contributed by atoms with Gasteiger partial charge in [0.25, 0.3) is 0 Å². The number of nitrogens with one attached hydrogen (secondary N) is 1. The Balaban J connectivity index is 2.43. The van der Waals surface area contributed by atoms with Gasteiger partial charge in [-0.2, -0.15) is 4.31 Å². The quantitative estimate of drug-likeness (QED) is 0.544. The minimum atomic E-state index is -3.84. The molecule has 170 valence electrons. The summed E-state index contributed by atoms with van der Waals surface area (Å²) in [6.45, 7) is 0.382. The van der Waals surface area contributed by atoms with E-state index in [9.17, 15) is 13.2 Å². The van der Waals surface area contributed by atoms with Crippen molar-refractivity contribution in [1.29, 1.82) is 0 Å². The number of ether oxygens (including phenoxy) is 2. The zero-order chi connectivity index (χ0) is 23.0. The lowest BCUT2D eigenvalue weighted by molar-refractivity contribution is -0.119. The van der Waals surface area contributed by atoms with Crippen LogP contribution in [0.5, 0.6) is 0 Å². The van der Waals surface area contributed by atoms with Crippen LogP contribution in [0.3, 0.4) is 0 Å². The first-order chi connectivity index (χ1) is 14.7. The molecule has 0 spiro atoms. The fraction of sp³-hybridized carbons (Fsp3) is 0.381. The Morgan fingerprint density at radius 1 is 1.10 bits per heavy atom. The first kappa shape index (κ1) is 25.1. The highest BCUT2D eigenvalue weighted by Crippen LogP contribution is 2.27. The van der Waals surface area contributed by atoms with Crippen molar-refractivity contribution >= 4 is 38.9 Å². The summed E-state index contributed by atoms with van der Waals surface area (Å²) in [5.41, 5.74) is 2.10.